The molecule has 0 spiro atoms. The second-order valence-electron chi connectivity index (χ2n) is 4.86. The zero-order chi connectivity index (χ0) is 14.1. The molecule has 104 valence electrons. The number of rotatable bonds is 4. The lowest BCUT2D eigenvalue weighted by Crippen LogP contribution is -2.47. The molecule has 1 aromatic heterocycles. The molecule has 0 unspecified atom stereocenters. The van der Waals surface area contributed by atoms with Gasteiger partial charge in [-0.05, 0) is 17.7 Å². The highest BCUT2D eigenvalue weighted by Gasteiger charge is 2.29. The van der Waals surface area contributed by atoms with Gasteiger partial charge in [0.15, 0.2) is 5.69 Å². The van der Waals surface area contributed by atoms with Crippen LogP contribution in [0.3, 0.4) is 0 Å². The Bertz CT molecular complexity index is 620. The summed E-state index contributed by atoms with van der Waals surface area (Å²) in [5, 5.41) is 16.3. The summed E-state index contributed by atoms with van der Waals surface area (Å²) in [5.41, 5.74) is 1.26. The molecule has 1 N–H and O–H groups in total. The van der Waals surface area contributed by atoms with E-state index >= 15 is 0 Å². The quantitative estimate of drug-likeness (QED) is 0.921. The molecule has 0 radical (unpaired) electrons. The minimum atomic E-state index is -1.04. The van der Waals surface area contributed by atoms with E-state index in [-0.39, 0.29) is 11.7 Å². The zero-order valence-electron chi connectivity index (χ0n) is 10.6. The van der Waals surface area contributed by atoms with Crippen molar-refractivity contribution in [1.82, 2.24) is 19.9 Å². The van der Waals surface area contributed by atoms with Crippen LogP contribution in [0.5, 0.6) is 0 Å². The van der Waals surface area contributed by atoms with E-state index in [1.807, 2.05) is 12.1 Å². The summed E-state index contributed by atoms with van der Waals surface area (Å²) in [5.74, 6) is -1.04. The fourth-order valence-electron chi connectivity index (χ4n) is 2.24. The van der Waals surface area contributed by atoms with Crippen LogP contribution >= 0.6 is 15.9 Å². The van der Waals surface area contributed by atoms with Crippen molar-refractivity contribution in [1.29, 1.82) is 0 Å². The molecular weight excluding hydrogens is 324 g/mol. The number of carboxylic acid groups (broad SMARTS) is 1. The van der Waals surface area contributed by atoms with Gasteiger partial charge in [0.1, 0.15) is 0 Å². The van der Waals surface area contributed by atoms with Crippen LogP contribution in [0.4, 0.5) is 0 Å². The van der Waals surface area contributed by atoms with Crippen LogP contribution in [0.25, 0.3) is 0 Å². The number of carbonyl (C=O) groups is 1. The third kappa shape index (κ3) is 2.73. The molecular formula is C13H13BrN4O2. The van der Waals surface area contributed by atoms with Gasteiger partial charge in [0.05, 0.1) is 12.2 Å². The summed E-state index contributed by atoms with van der Waals surface area (Å²) in [6.45, 7) is 2.61. The van der Waals surface area contributed by atoms with E-state index in [0.29, 0.717) is 0 Å². The van der Waals surface area contributed by atoms with Crippen LogP contribution in [0.15, 0.2) is 34.9 Å². The molecule has 1 aliphatic heterocycles. The van der Waals surface area contributed by atoms with Crippen molar-refractivity contribution in [3.8, 4) is 0 Å². The molecule has 0 bridgehead atoms. The predicted octanol–water partition coefficient (Wildman–Crippen LogP) is 1.80. The first-order chi connectivity index (χ1) is 9.61. The number of nitrogens with zero attached hydrogens (tertiary/aromatic N) is 4. The molecule has 1 aliphatic rings. The number of aromatic nitrogens is 3. The number of aromatic carboxylic acids is 1. The van der Waals surface area contributed by atoms with Crippen molar-refractivity contribution in [2.45, 2.75) is 12.6 Å². The fourth-order valence-corrected chi connectivity index (χ4v) is 2.50. The highest BCUT2D eigenvalue weighted by molar-refractivity contribution is 9.10. The zero-order valence-corrected chi connectivity index (χ0v) is 12.2. The van der Waals surface area contributed by atoms with Crippen molar-refractivity contribution in [2.24, 2.45) is 0 Å². The standard InChI is InChI=1S/C13H13BrN4O2/c14-10-3-1-9(2-4-10)5-17-6-11(7-17)18-8-12(13(19)20)15-16-18/h1-4,8,11H,5-7H2,(H,19,20). The third-order valence-electron chi connectivity index (χ3n) is 3.36. The van der Waals surface area contributed by atoms with Crippen molar-refractivity contribution < 1.29 is 9.90 Å². The molecule has 0 amide bonds. The number of hydrogen-bond donors (Lipinski definition) is 1. The predicted molar refractivity (Wildman–Crippen MR) is 75.4 cm³/mol. The van der Waals surface area contributed by atoms with Crippen LogP contribution in [-0.2, 0) is 6.54 Å². The topological polar surface area (TPSA) is 71.2 Å². The van der Waals surface area contributed by atoms with Gasteiger partial charge in [0.2, 0.25) is 0 Å². The van der Waals surface area contributed by atoms with Crippen LogP contribution in [-0.4, -0.2) is 44.1 Å². The molecule has 1 fully saturated rings. The van der Waals surface area contributed by atoms with Crippen LogP contribution < -0.4 is 0 Å². The lowest BCUT2D eigenvalue weighted by atomic mass is 10.1. The van der Waals surface area contributed by atoms with Crippen LogP contribution in [0, 0.1) is 0 Å². The molecule has 0 aliphatic carbocycles. The highest BCUT2D eigenvalue weighted by Crippen LogP contribution is 2.23. The maximum Gasteiger partial charge on any atom is 0.358 e. The molecule has 0 saturated carbocycles. The first-order valence-electron chi connectivity index (χ1n) is 6.24. The Hall–Kier alpha value is -1.73. The van der Waals surface area contributed by atoms with E-state index in [4.69, 9.17) is 5.11 Å². The molecule has 1 aromatic carbocycles. The van der Waals surface area contributed by atoms with E-state index in [9.17, 15) is 4.79 Å². The van der Waals surface area contributed by atoms with Gasteiger partial charge < -0.3 is 5.11 Å². The normalized spacial score (nSPS) is 16.1. The molecule has 1 saturated heterocycles. The molecule has 7 heteroatoms. The maximum atomic E-state index is 10.7. The van der Waals surface area contributed by atoms with Crippen molar-refractivity contribution in [3.05, 3.63) is 46.2 Å². The van der Waals surface area contributed by atoms with Gasteiger partial charge in [-0.1, -0.05) is 33.3 Å². The summed E-state index contributed by atoms with van der Waals surface area (Å²) < 4.78 is 2.72. The molecule has 2 aromatic rings. The SMILES string of the molecule is O=C(O)c1cn(C2CN(Cc3ccc(Br)cc3)C2)nn1. The van der Waals surface area contributed by atoms with Gasteiger partial charge >= 0.3 is 5.97 Å². The number of hydrogen-bond acceptors (Lipinski definition) is 4. The smallest absolute Gasteiger partial charge is 0.358 e. The van der Waals surface area contributed by atoms with E-state index in [0.717, 1.165) is 24.1 Å². The lowest BCUT2D eigenvalue weighted by Gasteiger charge is -2.38. The third-order valence-corrected chi connectivity index (χ3v) is 3.89. The number of likely N-dealkylation sites (tertiary alicyclic amines) is 1. The maximum absolute atomic E-state index is 10.7. The van der Waals surface area contributed by atoms with Crippen molar-refractivity contribution in [2.75, 3.05) is 13.1 Å². The van der Waals surface area contributed by atoms with Crippen LogP contribution in [0.1, 0.15) is 22.1 Å². The Labute approximate surface area is 124 Å². The summed E-state index contributed by atoms with van der Waals surface area (Å²) in [4.78, 5) is 13.0. The lowest BCUT2D eigenvalue weighted by molar-refractivity contribution is 0.0690. The Morgan fingerprint density at radius 2 is 2.05 bits per heavy atom. The molecule has 0 atom stereocenters. The minimum Gasteiger partial charge on any atom is -0.476 e. The number of carboxylic acids is 1. The fraction of sp³-hybridized carbons (Fsp3) is 0.308. The Morgan fingerprint density at radius 1 is 1.35 bits per heavy atom. The molecule has 3 rings (SSSR count). The van der Waals surface area contributed by atoms with Gasteiger partial charge in [-0.25, -0.2) is 9.48 Å². The number of benzene rings is 1. The Morgan fingerprint density at radius 3 is 2.65 bits per heavy atom. The highest BCUT2D eigenvalue weighted by atomic mass is 79.9. The van der Waals surface area contributed by atoms with Crippen LogP contribution in [0.2, 0.25) is 0 Å². The first kappa shape index (κ1) is 13.3. The van der Waals surface area contributed by atoms with Crippen molar-refractivity contribution >= 4 is 21.9 Å². The monoisotopic (exact) mass is 336 g/mol. The Kier molecular flexibility index (Phi) is 3.54. The van der Waals surface area contributed by atoms with Gasteiger partial charge in [-0.15, -0.1) is 5.10 Å². The average molecular weight is 337 g/mol. The minimum absolute atomic E-state index is 0.00337. The summed E-state index contributed by atoms with van der Waals surface area (Å²) >= 11 is 3.42. The van der Waals surface area contributed by atoms with Gasteiger partial charge in [-0.2, -0.15) is 0 Å². The van der Waals surface area contributed by atoms with Crippen molar-refractivity contribution in [3.63, 3.8) is 0 Å². The van der Waals surface area contributed by atoms with Gasteiger partial charge in [-0.3, -0.25) is 4.90 Å². The summed E-state index contributed by atoms with van der Waals surface area (Å²) in [6.07, 6.45) is 1.49. The van der Waals surface area contributed by atoms with E-state index in [2.05, 4.69) is 43.3 Å². The van der Waals surface area contributed by atoms with E-state index < -0.39 is 5.97 Å². The molecule has 2 heterocycles. The Balaban J connectivity index is 1.55. The van der Waals surface area contributed by atoms with E-state index in [1.54, 1.807) is 4.68 Å². The van der Waals surface area contributed by atoms with Gasteiger partial charge in [0, 0.05) is 24.1 Å². The first-order valence-corrected chi connectivity index (χ1v) is 7.03. The van der Waals surface area contributed by atoms with E-state index in [1.165, 1.54) is 11.8 Å². The summed E-state index contributed by atoms with van der Waals surface area (Å²) in [7, 11) is 0. The second-order valence-corrected chi connectivity index (χ2v) is 5.78. The second kappa shape index (κ2) is 5.34. The average Bonchev–Trinajstić information content (AvgIpc) is 2.85. The molecule has 20 heavy (non-hydrogen) atoms. The number of halogens is 1. The molecule has 6 nitrogen and oxygen atoms in total. The largest absolute Gasteiger partial charge is 0.476 e. The van der Waals surface area contributed by atoms with Gasteiger partial charge in [0.25, 0.3) is 0 Å². The summed E-state index contributed by atoms with van der Waals surface area (Å²) in [6, 6.07) is 8.46.